The lowest BCUT2D eigenvalue weighted by molar-refractivity contribution is 0.686. The zero-order chi connectivity index (χ0) is 21.5. The van der Waals surface area contributed by atoms with Gasteiger partial charge in [-0.15, -0.1) is 11.3 Å². The number of hydrogen-bond acceptors (Lipinski definition) is 6. The molecule has 2 aliphatic rings. The summed E-state index contributed by atoms with van der Waals surface area (Å²) in [5, 5.41) is 1.19. The molecule has 0 saturated carbocycles. The highest BCUT2D eigenvalue weighted by atomic mass is 32.1. The van der Waals surface area contributed by atoms with Crippen LogP contribution in [0.2, 0.25) is 0 Å². The van der Waals surface area contributed by atoms with E-state index in [0.29, 0.717) is 12.4 Å². The van der Waals surface area contributed by atoms with Crippen LogP contribution in [0.1, 0.15) is 45.9 Å². The molecule has 0 amide bonds. The quantitative estimate of drug-likeness (QED) is 0.510. The molecular weight excluding hydrogens is 418 g/mol. The molecule has 4 aromatic rings. The van der Waals surface area contributed by atoms with Crippen LogP contribution < -0.4 is 10.5 Å². The minimum Gasteiger partial charge on any atom is -0.351 e. The SMILES string of the molecule is O=c1[nH]cnc2c1CN(c1nc(/C=C/c3ccccc3)nc3sc4c(c13)CCCC4)CC2. The molecular formula is C25H23N5OS. The van der Waals surface area contributed by atoms with Gasteiger partial charge < -0.3 is 9.88 Å². The number of nitrogens with zero attached hydrogens (tertiary/aromatic N) is 4. The summed E-state index contributed by atoms with van der Waals surface area (Å²) in [4.78, 5) is 34.3. The van der Waals surface area contributed by atoms with Gasteiger partial charge in [-0.3, -0.25) is 4.79 Å². The normalized spacial score (nSPS) is 15.8. The Morgan fingerprint density at radius 2 is 1.88 bits per heavy atom. The molecule has 0 saturated heterocycles. The fourth-order valence-corrected chi connectivity index (χ4v) is 5.99. The van der Waals surface area contributed by atoms with E-state index in [2.05, 4.69) is 33.1 Å². The van der Waals surface area contributed by atoms with Crippen molar-refractivity contribution in [2.24, 2.45) is 0 Å². The van der Waals surface area contributed by atoms with Gasteiger partial charge in [-0.1, -0.05) is 36.4 Å². The van der Waals surface area contributed by atoms with Gasteiger partial charge >= 0.3 is 0 Å². The van der Waals surface area contributed by atoms with Crippen LogP contribution in [0.3, 0.4) is 0 Å². The zero-order valence-corrected chi connectivity index (χ0v) is 18.5. The van der Waals surface area contributed by atoms with Crippen molar-refractivity contribution in [3.8, 4) is 0 Å². The summed E-state index contributed by atoms with van der Waals surface area (Å²) >= 11 is 1.81. The maximum Gasteiger partial charge on any atom is 0.255 e. The van der Waals surface area contributed by atoms with E-state index in [0.717, 1.165) is 53.3 Å². The van der Waals surface area contributed by atoms with E-state index in [1.54, 1.807) is 0 Å². The van der Waals surface area contributed by atoms with Crippen molar-refractivity contribution >= 4 is 39.5 Å². The van der Waals surface area contributed by atoms with E-state index in [1.807, 2.05) is 35.6 Å². The van der Waals surface area contributed by atoms with E-state index in [1.165, 1.54) is 35.0 Å². The molecule has 6 rings (SSSR count). The van der Waals surface area contributed by atoms with E-state index >= 15 is 0 Å². The summed E-state index contributed by atoms with van der Waals surface area (Å²) < 4.78 is 0. The molecule has 1 aliphatic heterocycles. The molecule has 3 aromatic heterocycles. The lowest BCUT2D eigenvalue weighted by atomic mass is 9.96. The second-order valence-electron chi connectivity index (χ2n) is 8.37. The molecule has 4 heterocycles. The second-order valence-corrected chi connectivity index (χ2v) is 9.45. The Kier molecular flexibility index (Phi) is 4.83. The second kappa shape index (κ2) is 7.98. The summed E-state index contributed by atoms with van der Waals surface area (Å²) in [6, 6.07) is 10.2. The average molecular weight is 442 g/mol. The Morgan fingerprint density at radius 3 is 2.78 bits per heavy atom. The van der Waals surface area contributed by atoms with Crippen LogP contribution in [0.4, 0.5) is 5.82 Å². The predicted molar refractivity (Wildman–Crippen MR) is 129 cm³/mol. The van der Waals surface area contributed by atoms with Gasteiger partial charge in [0, 0.05) is 17.8 Å². The Balaban J connectivity index is 1.48. The lowest BCUT2D eigenvalue weighted by Gasteiger charge is -2.29. The summed E-state index contributed by atoms with van der Waals surface area (Å²) in [6.45, 7) is 1.32. The summed E-state index contributed by atoms with van der Waals surface area (Å²) in [7, 11) is 0. The zero-order valence-electron chi connectivity index (χ0n) is 17.7. The average Bonchev–Trinajstić information content (AvgIpc) is 3.21. The smallest absolute Gasteiger partial charge is 0.255 e. The molecule has 1 N–H and O–H groups in total. The van der Waals surface area contributed by atoms with Gasteiger partial charge in [-0.05, 0) is 42.9 Å². The molecule has 0 atom stereocenters. The van der Waals surface area contributed by atoms with Gasteiger partial charge in [-0.25, -0.2) is 15.0 Å². The molecule has 0 radical (unpaired) electrons. The monoisotopic (exact) mass is 441 g/mol. The van der Waals surface area contributed by atoms with Crippen molar-refractivity contribution in [1.82, 2.24) is 19.9 Å². The third-order valence-electron chi connectivity index (χ3n) is 6.34. The number of aromatic nitrogens is 4. The van der Waals surface area contributed by atoms with Gasteiger partial charge in [0.15, 0.2) is 5.82 Å². The van der Waals surface area contributed by atoms with Crippen molar-refractivity contribution in [1.29, 1.82) is 0 Å². The van der Waals surface area contributed by atoms with Crippen molar-refractivity contribution in [3.05, 3.63) is 80.1 Å². The van der Waals surface area contributed by atoms with E-state index in [4.69, 9.17) is 9.97 Å². The topological polar surface area (TPSA) is 74.8 Å². The fraction of sp³-hybridized carbons (Fsp3) is 0.280. The van der Waals surface area contributed by atoms with Gasteiger partial charge in [0.2, 0.25) is 0 Å². The van der Waals surface area contributed by atoms with Crippen LogP contribution in [0, 0.1) is 0 Å². The van der Waals surface area contributed by atoms with Gasteiger partial charge in [0.25, 0.3) is 5.56 Å². The Hall–Kier alpha value is -3.32. The van der Waals surface area contributed by atoms with Gasteiger partial charge in [0.1, 0.15) is 10.6 Å². The number of fused-ring (bicyclic) bond motifs is 4. The van der Waals surface area contributed by atoms with Crippen LogP contribution in [-0.2, 0) is 25.8 Å². The largest absolute Gasteiger partial charge is 0.351 e. The number of nitrogens with one attached hydrogen (secondary N) is 1. The van der Waals surface area contributed by atoms with Gasteiger partial charge in [-0.2, -0.15) is 0 Å². The number of thiophene rings is 1. The Bertz CT molecular complexity index is 1390. The van der Waals surface area contributed by atoms with Gasteiger partial charge in [0.05, 0.1) is 29.5 Å². The van der Waals surface area contributed by atoms with Crippen molar-refractivity contribution in [3.63, 3.8) is 0 Å². The molecule has 160 valence electrons. The van der Waals surface area contributed by atoms with Crippen LogP contribution in [0.5, 0.6) is 0 Å². The van der Waals surface area contributed by atoms with Crippen molar-refractivity contribution in [2.45, 2.75) is 38.6 Å². The van der Waals surface area contributed by atoms with Crippen molar-refractivity contribution < 1.29 is 0 Å². The van der Waals surface area contributed by atoms with Crippen molar-refractivity contribution in [2.75, 3.05) is 11.4 Å². The van der Waals surface area contributed by atoms with E-state index in [9.17, 15) is 4.79 Å². The highest BCUT2D eigenvalue weighted by Gasteiger charge is 2.27. The molecule has 7 heteroatoms. The third-order valence-corrected chi connectivity index (χ3v) is 7.53. The summed E-state index contributed by atoms with van der Waals surface area (Å²) in [5.74, 6) is 1.66. The Morgan fingerprint density at radius 1 is 1.00 bits per heavy atom. The minimum absolute atomic E-state index is 0.0541. The number of aromatic amines is 1. The molecule has 6 nitrogen and oxygen atoms in total. The molecule has 0 spiro atoms. The van der Waals surface area contributed by atoms with Crippen LogP contribution in [0.15, 0.2) is 41.5 Å². The summed E-state index contributed by atoms with van der Waals surface area (Å²) in [5.41, 5.74) is 4.12. The predicted octanol–water partition coefficient (Wildman–Crippen LogP) is 4.39. The first-order chi connectivity index (χ1) is 15.8. The molecule has 0 fully saturated rings. The first kappa shape index (κ1) is 19.4. The maximum atomic E-state index is 12.4. The molecule has 0 bridgehead atoms. The first-order valence-electron chi connectivity index (χ1n) is 11.1. The minimum atomic E-state index is -0.0541. The standard InChI is InChI=1S/C25H23N5OS/c31-24-18-14-30(13-12-19(18)26-15-27-24)23-22-17-8-4-5-9-20(17)32-25(22)29-21(28-23)11-10-16-6-2-1-3-7-16/h1-3,6-7,10-11,15H,4-5,8-9,12-14H2,(H,26,27,31)/b11-10+. The van der Waals surface area contributed by atoms with E-state index < -0.39 is 0 Å². The summed E-state index contributed by atoms with van der Waals surface area (Å²) in [6.07, 6.45) is 10.9. The third kappa shape index (κ3) is 3.42. The number of benzene rings is 1. The first-order valence-corrected chi connectivity index (χ1v) is 11.9. The number of hydrogen-bond donors (Lipinski definition) is 1. The number of rotatable bonds is 3. The van der Waals surface area contributed by atoms with Crippen LogP contribution in [0.25, 0.3) is 22.4 Å². The highest BCUT2D eigenvalue weighted by molar-refractivity contribution is 7.19. The Labute approximate surface area is 189 Å². The molecule has 1 aromatic carbocycles. The van der Waals surface area contributed by atoms with Crippen LogP contribution >= 0.6 is 11.3 Å². The van der Waals surface area contributed by atoms with E-state index in [-0.39, 0.29) is 5.56 Å². The fourth-order valence-electron chi connectivity index (χ4n) is 4.73. The highest BCUT2D eigenvalue weighted by Crippen LogP contribution is 2.40. The number of aryl methyl sites for hydroxylation is 2. The number of H-pyrrole nitrogens is 1. The number of anilines is 1. The molecule has 32 heavy (non-hydrogen) atoms. The molecule has 1 aliphatic carbocycles. The maximum absolute atomic E-state index is 12.4. The lowest BCUT2D eigenvalue weighted by Crippen LogP contribution is -2.36. The molecule has 0 unspecified atom stereocenters. The van der Waals surface area contributed by atoms with Crippen LogP contribution in [-0.4, -0.2) is 26.5 Å².